The van der Waals surface area contributed by atoms with Gasteiger partial charge in [0.2, 0.25) is 0 Å². The molecule has 2 atom stereocenters. The number of ketones is 1. The molecule has 0 radical (unpaired) electrons. The van der Waals surface area contributed by atoms with Crippen LogP contribution < -0.4 is 16.1 Å². The molecule has 0 aliphatic heterocycles. The molecule has 25 heavy (non-hydrogen) atoms. The van der Waals surface area contributed by atoms with Crippen molar-refractivity contribution in [2.45, 2.75) is 53.1 Å². The number of nitrogens with zero attached hydrogens (tertiary/aromatic N) is 3. The Balaban J connectivity index is 2.66. The van der Waals surface area contributed by atoms with Gasteiger partial charge >= 0.3 is 5.69 Å². The molecule has 0 spiro atoms. The van der Waals surface area contributed by atoms with Gasteiger partial charge in [-0.15, -0.1) is 0 Å². The van der Waals surface area contributed by atoms with Crippen LogP contribution in [-0.2, 0) is 18.4 Å². The van der Waals surface area contributed by atoms with E-state index in [1.807, 2.05) is 0 Å². The minimum absolute atomic E-state index is 0.0552. The highest BCUT2D eigenvalue weighted by molar-refractivity contribution is 5.82. The van der Waals surface area contributed by atoms with Gasteiger partial charge in [0, 0.05) is 7.05 Å². The second-order valence-electron chi connectivity index (χ2n) is 6.56. The Bertz CT molecular complexity index is 877. The van der Waals surface area contributed by atoms with E-state index in [4.69, 9.17) is 0 Å². The van der Waals surface area contributed by atoms with Crippen LogP contribution in [0.5, 0.6) is 0 Å². The zero-order valence-corrected chi connectivity index (χ0v) is 15.7. The van der Waals surface area contributed by atoms with Crippen LogP contribution in [0.3, 0.4) is 0 Å². The van der Waals surface area contributed by atoms with Crippen molar-refractivity contribution in [2.24, 2.45) is 7.05 Å². The Morgan fingerprint density at radius 2 is 2.00 bits per heavy atom. The summed E-state index contributed by atoms with van der Waals surface area (Å²) in [6, 6.07) is -0.511. The van der Waals surface area contributed by atoms with Crippen LogP contribution >= 0.6 is 0 Å². The van der Waals surface area contributed by atoms with Crippen LogP contribution in [0.1, 0.15) is 52.4 Å². The van der Waals surface area contributed by atoms with E-state index < -0.39 is 17.3 Å². The monoisotopic (exact) mass is 350 g/mol. The Hall–Kier alpha value is -2.22. The summed E-state index contributed by atoms with van der Waals surface area (Å²) < 4.78 is 3.01. The fourth-order valence-corrected chi connectivity index (χ4v) is 3.01. The van der Waals surface area contributed by atoms with Gasteiger partial charge in [-0.3, -0.25) is 19.1 Å². The molecule has 0 saturated heterocycles. The summed E-state index contributed by atoms with van der Waals surface area (Å²) in [7, 11) is 1.57. The van der Waals surface area contributed by atoms with Gasteiger partial charge in [0.05, 0.1) is 19.1 Å². The third-order valence-corrected chi connectivity index (χ3v) is 4.79. The number of carbonyl (C=O) groups excluding carboxylic acids is 1. The lowest BCUT2D eigenvalue weighted by molar-refractivity contribution is -0.913. The van der Waals surface area contributed by atoms with Gasteiger partial charge in [0.1, 0.15) is 6.54 Å². The first-order chi connectivity index (χ1) is 11.8. The predicted molar refractivity (Wildman–Crippen MR) is 96.0 cm³/mol. The van der Waals surface area contributed by atoms with Gasteiger partial charge in [-0.05, 0) is 27.2 Å². The molecule has 0 fully saturated rings. The van der Waals surface area contributed by atoms with E-state index in [1.165, 1.54) is 16.4 Å². The van der Waals surface area contributed by atoms with Crippen LogP contribution in [0.2, 0.25) is 0 Å². The number of fused-ring (bicyclic) bond motifs is 1. The number of rotatable bonds is 8. The van der Waals surface area contributed by atoms with E-state index in [0.29, 0.717) is 18.0 Å². The van der Waals surface area contributed by atoms with Crippen LogP contribution in [0, 0.1) is 0 Å². The number of hydrogen-bond acceptors (Lipinski definition) is 4. The normalized spacial score (nSPS) is 14.0. The third kappa shape index (κ3) is 3.73. The number of aromatic amines is 1. The second-order valence-corrected chi connectivity index (χ2v) is 6.56. The number of Topliss-reactive ketones (excluding diaryl/α,β-unsaturated/α-hetero) is 1. The summed E-state index contributed by atoms with van der Waals surface area (Å²) in [5, 5.41) is 0. The molecule has 0 bridgehead atoms. The molecule has 1 unspecified atom stereocenters. The summed E-state index contributed by atoms with van der Waals surface area (Å²) in [5.74, 6) is 0.609. The molecule has 0 amide bonds. The van der Waals surface area contributed by atoms with Crippen LogP contribution in [0.4, 0.5) is 0 Å². The fraction of sp³-hybridized carbons (Fsp3) is 0.647. The topological polar surface area (TPSA) is 94.2 Å². The van der Waals surface area contributed by atoms with Crippen molar-refractivity contribution in [1.82, 2.24) is 19.1 Å². The highest BCUT2D eigenvalue weighted by Gasteiger charge is 2.25. The van der Waals surface area contributed by atoms with Crippen molar-refractivity contribution in [3.05, 3.63) is 26.7 Å². The van der Waals surface area contributed by atoms with Crippen LogP contribution in [0.15, 0.2) is 9.59 Å². The standard InChI is InChI=1S/C17H27N5O3/c1-6-8-9-21(7-2)10-13-18-15-14(22(13)11(3)12(4)23)16(24)19-17(25)20(15)5/h11H,6-10H2,1-5H3,(H,19,24,25)/p+1/t11-/m0/s1. The van der Waals surface area contributed by atoms with Gasteiger partial charge in [-0.1, -0.05) is 13.3 Å². The van der Waals surface area contributed by atoms with Gasteiger partial charge < -0.3 is 9.47 Å². The largest absolute Gasteiger partial charge is 0.329 e. The van der Waals surface area contributed by atoms with Crippen molar-refractivity contribution in [3.63, 3.8) is 0 Å². The first-order valence-corrected chi connectivity index (χ1v) is 8.85. The molecular formula is C17H28N5O3+. The maximum Gasteiger partial charge on any atom is 0.329 e. The lowest BCUT2D eigenvalue weighted by Crippen LogP contribution is -3.10. The Morgan fingerprint density at radius 3 is 2.56 bits per heavy atom. The Kier molecular flexibility index (Phi) is 5.94. The van der Waals surface area contributed by atoms with Gasteiger partial charge in [-0.25, -0.2) is 9.78 Å². The smallest absolute Gasteiger partial charge is 0.329 e. The molecule has 138 valence electrons. The number of aromatic nitrogens is 4. The van der Waals surface area contributed by atoms with E-state index in [0.717, 1.165) is 25.9 Å². The summed E-state index contributed by atoms with van der Waals surface area (Å²) in [5.41, 5.74) is -0.403. The average molecular weight is 350 g/mol. The zero-order valence-electron chi connectivity index (χ0n) is 15.7. The molecule has 2 heterocycles. The number of carbonyl (C=O) groups is 1. The third-order valence-electron chi connectivity index (χ3n) is 4.79. The molecule has 2 aromatic rings. The molecule has 8 heteroatoms. The van der Waals surface area contributed by atoms with E-state index in [2.05, 4.69) is 23.8 Å². The van der Waals surface area contributed by atoms with Crippen molar-refractivity contribution in [1.29, 1.82) is 0 Å². The first-order valence-electron chi connectivity index (χ1n) is 8.85. The number of unbranched alkanes of at least 4 members (excludes halogenated alkanes) is 1. The summed E-state index contributed by atoms with van der Waals surface area (Å²) >= 11 is 0. The van der Waals surface area contributed by atoms with Gasteiger partial charge in [0.25, 0.3) is 5.56 Å². The lowest BCUT2D eigenvalue weighted by atomic mass is 10.2. The van der Waals surface area contributed by atoms with Crippen molar-refractivity contribution in [2.75, 3.05) is 13.1 Å². The van der Waals surface area contributed by atoms with E-state index >= 15 is 0 Å². The minimum Gasteiger partial charge on any atom is -0.329 e. The molecule has 0 aromatic carbocycles. The molecule has 0 aliphatic carbocycles. The molecular weight excluding hydrogens is 322 g/mol. The van der Waals surface area contributed by atoms with E-state index in [1.54, 1.807) is 18.5 Å². The quantitative estimate of drug-likeness (QED) is 0.688. The lowest BCUT2D eigenvalue weighted by Gasteiger charge is -2.19. The summed E-state index contributed by atoms with van der Waals surface area (Å²) in [6.07, 6.45) is 2.21. The van der Waals surface area contributed by atoms with Crippen LogP contribution in [0.25, 0.3) is 11.2 Å². The molecule has 8 nitrogen and oxygen atoms in total. The highest BCUT2D eigenvalue weighted by atomic mass is 16.2. The summed E-state index contributed by atoms with van der Waals surface area (Å²) in [6.45, 7) is 10.0. The zero-order chi connectivity index (χ0) is 18.7. The maximum absolute atomic E-state index is 12.4. The average Bonchev–Trinajstić information content (AvgIpc) is 2.95. The van der Waals surface area contributed by atoms with E-state index in [9.17, 15) is 14.4 Å². The first kappa shape index (κ1) is 19.1. The number of H-pyrrole nitrogens is 1. The van der Waals surface area contributed by atoms with Crippen molar-refractivity contribution in [3.8, 4) is 0 Å². The Morgan fingerprint density at radius 1 is 1.32 bits per heavy atom. The molecule has 0 saturated carbocycles. The van der Waals surface area contributed by atoms with Crippen LogP contribution in [-0.4, -0.2) is 38.0 Å². The number of nitrogens with one attached hydrogen (secondary N) is 2. The Labute approximate surface area is 146 Å². The number of aryl methyl sites for hydroxylation is 1. The van der Waals surface area contributed by atoms with E-state index in [-0.39, 0.29) is 11.3 Å². The maximum atomic E-state index is 12.4. The molecule has 2 aromatic heterocycles. The molecule has 2 N–H and O–H groups in total. The SMILES string of the molecule is CCCC[NH+](CC)Cc1nc2c(c(=O)[nH]c(=O)n2C)n1[C@@H](C)C(C)=O. The minimum atomic E-state index is -0.511. The predicted octanol–water partition coefficient (Wildman–Crippen LogP) is -0.222. The fourth-order valence-electron chi connectivity index (χ4n) is 3.01. The van der Waals surface area contributed by atoms with Crippen molar-refractivity contribution < 1.29 is 9.69 Å². The highest BCUT2D eigenvalue weighted by Crippen LogP contribution is 2.17. The number of imidazole rings is 1. The van der Waals surface area contributed by atoms with Gasteiger partial charge in [0.15, 0.2) is 22.8 Å². The molecule has 0 aliphatic rings. The summed E-state index contributed by atoms with van der Waals surface area (Å²) in [4.78, 5) is 44.5. The number of hydrogen-bond donors (Lipinski definition) is 2. The molecule has 2 rings (SSSR count). The number of quaternary nitrogens is 1. The van der Waals surface area contributed by atoms with Crippen molar-refractivity contribution >= 4 is 16.9 Å². The van der Waals surface area contributed by atoms with Gasteiger partial charge in [-0.2, -0.15) is 0 Å². The second kappa shape index (κ2) is 7.77.